The molecule has 0 amide bonds. The van der Waals surface area contributed by atoms with Gasteiger partial charge in [0.2, 0.25) is 0 Å². The van der Waals surface area contributed by atoms with Crippen molar-refractivity contribution in [2.45, 2.75) is 71.0 Å². The van der Waals surface area contributed by atoms with Gasteiger partial charge in [-0.3, -0.25) is 4.90 Å². The molecule has 1 saturated carbocycles. The summed E-state index contributed by atoms with van der Waals surface area (Å²) in [6, 6.07) is 2.15. The predicted octanol–water partition coefficient (Wildman–Crippen LogP) is 2.88. The Hall–Kier alpha value is -0.0800. The Kier molecular flexibility index (Phi) is 5.77. The summed E-state index contributed by atoms with van der Waals surface area (Å²) in [5, 5.41) is 3.51. The van der Waals surface area contributed by atoms with E-state index in [9.17, 15) is 0 Å². The van der Waals surface area contributed by atoms with Crippen LogP contribution in [0.3, 0.4) is 0 Å². The maximum atomic E-state index is 3.51. The van der Waals surface area contributed by atoms with E-state index in [4.69, 9.17) is 0 Å². The third-order valence-electron chi connectivity index (χ3n) is 4.37. The summed E-state index contributed by atoms with van der Waals surface area (Å²) in [5.41, 5.74) is 0. The summed E-state index contributed by atoms with van der Waals surface area (Å²) in [5.74, 6) is 0.894. The molecule has 1 N–H and O–H groups in total. The number of rotatable bonds is 5. The van der Waals surface area contributed by atoms with Crippen molar-refractivity contribution in [3.05, 3.63) is 0 Å². The van der Waals surface area contributed by atoms with Crippen LogP contribution in [0.1, 0.15) is 52.9 Å². The summed E-state index contributed by atoms with van der Waals surface area (Å²) in [6.07, 6.45) is 6.69. The Labute approximate surface area is 102 Å². The van der Waals surface area contributed by atoms with Crippen molar-refractivity contribution in [2.24, 2.45) is 5.92 Å². The van der Waals surface area contributed by atoms with Gasteiger partial charge in [0.15, 0.2) is 0 Å². The third kappa shape index (κ3) is 3.46. The zero-order valence-electron chi connectivity index (χ0n) is 11.8. The van der Waals surface area contributed by atoms with E-state index in [1.165, 1.54) is 32.1 Å². The number of likely N-dealkylation sites (N-methyl/N-ethyl adjacent to an activating group) is 2. The minimum Gasteiger partial charge on any atom is -0.315 e. The van der Waals surface area contributed by atoms with E-state index in [0.717, 1.165) is 18.0 Å². The smallest absolute Gasteiger partial charge is 0.0251 e. The highest BCUT2D eigenvalue weighted by molar-refractivity contribution is 4.90. The quantitative estimate of drug-likeness (QED) is 0.775. The van der Waals surface area contributed by atoms with Crippen LogP contribution < -0.4 is 5.32 Å². The molecule has 0 heterocycles. The molecule has 0 spiro atoms. The number of hydrogen-bond acceptors (Lipinski definition) is 2. The molecule has 1 aliphatic rings. The first-order valence-electron chi connectivity index (χ1n) is 6.99. The van der Waals surface area contributed by atoms with Crippen LogP contribution in [0.2, 0.25) is 0 Å². The van der Waals surface area contributed by atoms with E-state index in [2.05, 4.69) is 45.1 Å². The molecule has 0 bridgehead atoms. The average molecular weight is 226 g/mol. The molecule has 0 aromatic rings. The first-order chi connectivity index (χ1) is 7.60. The lowest BCUT2D eigenvalue weighted by Gasteiger charge is -2.43. The van der Waals surface area contributed by atoms with E-state index in [1.807, 2.05) is 0 Å². The van der Waals surface area contributed by atoms with Gasteiger partial charge in [-0.15, -0.1) is 0 Å². The van der Waals surface area contributed by atoms with Crippen molar-refractivity contribution >= 4 is 0 Å². The molecule has 96 valence electrons. The topological polar surface area (TPSA) is 15.3 Å². The van der Waals surface area contributed by atoms with Gasteiger partial charge in [0.25, 0.3) is 0 Å². The molecule has 1 aliphatic carbocycles. The molecule has 16 heavy (non-hydrogen) atoms. The summed E-state index contributed by atoms with van der Waals surface area (Å²) >= 11 is 0. The number of nitrogens with zero attached hydrogens (tertiary/aromatic N) is 1. The Balaban J connectivity index is 2.58. The van der Waals surface area contributed by atoms with Crippen molar-refractivity contribution in [1.82, 2.24) is 10.2 Å². The lowest BCUT2D eigenvalue weighted by atomic mass is 9.82. The van der Waals surface area contributed by atoms with Crippen LogP contribution >= 0.6 is 0 Å². The first-order valence-corrected chi connectivity index (χ1v) is 6.99. The molecule has 1 rings (SSSR count). The molecule has 2 heteroatoms. The summed E-state index contributed by atoms with van der Waals surface area (Å²) in [7, 11) is 4.43. The molecule has 0 radical (unpaired) electrons. The molecule has 4 atom stereocenters. The first kappa shape index (κ1) is 14.0. The van der Waals surface area contributed by atoms with Crippen molar-refractivity contribution < 1.29 is 0 Å². The van der Waals surface area contributed by atoms with Crippen molar-refractivity contribution in [3.8, 4) is 0 Å². The molecule has 1 fully saturated rings. The van der Waals surface area contributed by atoms with E-state index < -0.39 is 0 Å². The SMILES string of the molecule is CCCC(C)N(C)C1CC(C)CCC1NC. The summed E-state index contributed by atoms with van der Waals surface area (Å²) in [4.78, 5) is 2.61. The maximum absolute atomic E-state index is 3.51. The van der Waals surface area contributed by atoms with Gasteiger partial charge < -0.3 is 5.32 Å². The van der Waals surface area contributed by atoms with Gasteiger partial charge in [-0.25, -0.2) is 0 Å². The van der Waals surface area contributed by atoms with Crippen molar-refractivity contribution in [3.63, 3.8) is 0 Å². The van der Waals surface area contributed by atoms with Gasteiger partial charge in [0.1, 0.15) is 0 Å². The van der Waals surface area contributed by atoms with Gasteiger partial charge in [-0.05, 0) is 52.6 Å². The predicted molar refractivity (Wildman–Crippen MR) is 71.8 cm³/mol. The second-order valence-corrected chi connectivity index (χ2v) is 5.68. The van der Waals surface area contributed by atoms with E-state index in [0.29, 0.717) is 6.04 Å². The van der Waals surface area contributed by atoms with Crippen LogP contribution in [-0.2, 0) is 0 Å². The monoisotopic (exact) mass is 226 g/mol. The highest BCUT2D eigenvalue weighted by Gasteiger charge is 2.31. The largest absolute Gasteiger partial charge is 0.315 e. The highest BCUT2D eigenvalue weighted by Crippen LogP contribution is 2.28. The van der Waals surface area contributed by atoms with Gasteiger partial charge in [0.05, 0.1) is 0 Å². The molecule has 0 aliphatic heterocycles. The van der Waals surface area contributed by atoms with E-state index in [1.54, 1.807) is 0 Å². The van der Waals surface area contributed by atoms with Crippen LogP contribution in [-0.4, -0.2) is 37.1 Å². The maximum Gasteiger partial charge on any atom is 0.0251 e. The molecule has 2 nitrogen and oxygen atoms in total. The molecule has 0 saturated heterocycles. The molecule has 4 unspecified atom stereocenters. The van der Waals surface area contributed by atoms with Crippen LogP contribution in [0, 0.1) is 5.92 Å². The lowest BCUT2D eigenvalue weighted by molar-refractivity contribution is 0.0927. The Bertz CT molecular complexity index is 193. The van der Waals surface area contributed by atoms with E-state index in [-0.39, 0.29) is 0 Å². The summed E-state index contributed by atoms with van der Waals surface area (Å²) in [6.45, 7) is 7.05. The van der Waals surface area contributed by atoms with Gasteiger partial charge in [-0.1, -0.05) is 20.3 Å². The highest BCUT2D eigenvalue weighted by atomic mass is 15.2. The Morgan fingerprint density at radius 3 is 2.62 bits per heavy atom. The fraction of sp³-hybridized carbons (Fsp3) is 1.00. The van der Waals surface area contributed by atoms with Crippen LogP contribution in [0.5, 0.6) is 0 Å². The Morgan fingerprint density at radius 2 is 2.06 bits per heavy atom. The standard InChI is InChI=1S/C14H30N2/c1-6-7-12(3)16(5)14-10-11(2)8-9-13(14)15-4/h11-15H,6-10H2,1-5H3. The number of nitrogens with one attached hydrogen (secondary N) is 1. The van der Waals surface area contributed by atoms with Crippen molar-refractivity contribution in [1.29, 1.82) is 0 Å². The minimum atomic E-state index is 0.695. The second kappa shape index (κ2) is 6.61. The molecular formula is C14H30N2. The van der Waals surface area contributed by atoms with Gasteiger partial charge in [-0.2, -0.15) is 0 Å². The van der Waals surface area contributed by atoms with Crippen molar-refractivity contribution in [2.75, 3.05) is 14.1 Å². The van der Waals surface area contributed by atoms with Gasteiger partial charge in [0, 0.05) is 18.1 Å². The normalized spacial score (nSPS) is 33.0. The molecule has 0 aromatic carbocycles. The van der Waals surface area contributed by atoms with E-state index >= 15 is 0 Å². The van der Waals surface area contributed by atoms with Gasteiger partial charge >= 0.3 is 0 Å². The number of hydrogen-bond donors (Lipinski definition) is 1. The average Bonchev–Trinajstić information content (AvgIpc) is 2.28. The van der Waals surface area contributed by atoms with Crippen LogP contribution in [0.4, 0.5) is 0 Å². The second-order valence-electron chi connectivity index (χ2n) is 5.68. The van der Waals surface area contributed by atoms with Crippen LogP contribution in [0.25, 0.3) is 0 Å². The molecule has 0 aromatic heterocycles. The summed E-state index contributed by atoms with van der Waals surface area (Å²) < 4.78 is 0. The zero-order chi connectivity index (χ0) is 12.1. The fourth-order valence-electron chi connectivity index (χ4n) is 3.09. The minimum absolute atomic E-state index is 0.695. The fourth-order valence-corrected chi connectivity index (χ4v) is 3.09. The molecular weight excluding hydrogens is 196 g/mol. The van der Waals surface area contributed by atoms with Crippen LogP contribution in [0.15, 0.2) is 0 Å². The Morgan fingerprint density at radius 1 is 1.38 bits per heavy atom. The third-order valence-corrected chi connectivity index (χ3v) is 4.37. The lowest BCUT2D eigenvalue weighted by Crippen LogP contribution is -2.53. The zero-order valence-corrected chi connectivity index (χ0v) is 11.8.